The van der Waals surface area contributed by atoms with E-state index in [-0.39, 0.29) is 0 Å². The van der Waals surface area contributed by atoms with Gasteiger partial charge in [-0.25, -0.2) is 0 Å². The van der Waals surface area contributed by atoms with Gasteiger partial charge in [-0.3, -0.25) is 9.89 Å². The average molecular weight is 373 g/mol. The van der Waals surface area contributed by atoms with E-state index in [9.17, 15) is 0 Å². The summed E-state index contributed by atoms with van der Waals surface area (Å²) in [6.07, 6.45) is 2.40. The number of likely N-dealkylation sites (N-methyl/N-ethyl adjacent to an activating group) is 2. The quantitative estimate of drug-likeness (QED) is 0.618. The molecule has 0 aliphatic carbocycles. The highest BCUT2D eigenvalue weighted by Crippen LogP contribution is 2.20. The van der Waals surface area contributed by atoms with Gasteiger partial charge in [0.15, 0.2) is 5.96 Å². The van der Waals surface area contributed by atoms with Gasteiger partial charge in [-0.1, -0.05) is 17.7 Å². The van der Waals surface area contributed by atoms with Crippen molar-refractivity contribution in [1.82, 2.24) is 20.4 Å². The predicted octanol–water partition coefficient (Wildman–Crippen LogP) is 1.37. The first-order valence-electron chi connectivity index (χ1n) is 10.2. The van der Waals surface area contributed by atoms with E-state index in [0.717, 1.165) is 45.2 Å². The number of piperazine rings is 1. The van der Waals surface area contributed by atoms with Gasteiger partial charge in [-0.2, -0.15) is 0 Å². The van der Waals surface area contributed by atoms with Crippen molar-refractivity contribution in [2.75, 3.05) is 65.3 Å². The molecule has 0 amide bonds. The zero-order valence-corrected chi connectivity index (χ0v) is 17.4. The minimum Gasteiger partial charge on any atom is -0.369 e. The number of anilines is 1. The molecular formula is C21H36N6. The van der Waals surface area contributed by atoms with Gasteiger partial charge < -0.3 is 20.4 Å². The topological polar surface area (TPSA) is 46.1 Å². The first kappa shape index (κ1) is 20.0. The molecule has 2 aliphatic heterocycles. The standard InChI is InChI=1S/C21H36N6/c1-17-7-9-19(10-8-17)27-11-5-6-18(15-27)24-21(22-2)23-14-20-16-25(3)12-13-26(20)4/h7-10,18,20H,5-6,11-16H2,1-4H3,(H2,22,23,24). The Balaban J connectivity index is 1.51. The minimum absolute atomic E-state index is 0.429. The van der Waals surface area contributed by atoms with E-state index in [2.05, 4.69) is 75.6 Å². The molecule has 0 spiro atoms. The smallest absolute Gasteiger partial charge is 0.191 e. The maximum atomic E-state index is 4.46. The van der Waals surface area contributed by atoms with Gasteiger partial charge in [-0.05, 0) is 46.0 Å². The van der Waals surface area contributed by atoms with Crippen LogP contribution in [0.1, 0.15) is 18.4 Å². The van der Waals surface area contributed by atoms with E-state index < -0.39 is 0 Å². The number of hydrogen-bond acceptors (Lipinski definition) is 4. The zero-order chi connectivity index (χ0) is 19.2. The fraction of sp³-hybridized carbons (Fsp3) is 0.667. The molecule has 2 unspecified atom stereocenters. The van der Waals surface area contributed by atoms with Crippen LogP contribution in [0.2, 0.25) is 0 Å². The summed E-state index contributed by atoms with van der Waals surface area (Å²) in [6, 6.07) is 9.82. The Morgan fingerprint density at radius 2 is 1.89 bits per heavy atom. The van der Waals surface area contributed by atoms with Crippen molar-refractivity contribution in [3.8, 4) is 0 Å². The maximum Gasteiger partial charge on any atom is 0.191 e. The number of guanidine groups is 1. The largest absolute Gasteiger partial charge is 0.369 e. The van der Waals surface area contributed by atoms with Gasteiger partial charge in [0.1, 0.15) is 0 Å². The normalized spacial score (nSPS) is 25.5. The van der Waals surface area contributed by atoms with E-state index in [0.29, 0.717) is 12.1 Å². The second-order valence-corrected chi connectivity index (χ2v) is 8.11. The number of nitrogens with zero attached hydrogens (tertiary/aromatic N) is 4. The summed E-state index contributed by atoms with van der Waals surface area (Å²) in [6.45, 7) is 8.60. The van der Waals surface area contributed by atoms with Crippen molar-refractivity contribution < 1.29 is 0 Å². The fourth-order valence-corrected chi connectivity index (χ4v) is 4.01. The molecule has 0 saturated carbocycles. The lowest BCUT2D eigenvalue weighted by molar-refractivity contribution is 0.116. The van der Waals surface area contributed by atoms with Crippen LogP contribution in [0.4, 0.5) is 5.69 Å². The Morgan fingerprint density at radius 1 is 1.11 bits per heavy atom. The molecule has 2 atom stereocenters. The van der Waals surface area contributed by atoms with Gasteiger partial charge >= 0.3 is 0 Å². The Hall–Kier alpha value is -1.79. The summed E-state index contributed by atoms with van der Waals surface area (Å²) in [7, 11) is 6.29. The number of hydrogen-bond donors (Lipinski definition) is 2. The maximum absolute atomic E-state index is 4.46. The molecule has 0 bridgehead atoms. The van der Waals surface area contributed by atoms with E-state index in [1.807, 2.05) is 7.05 Å². The third kappa shape index (κ3) is 5.59. The summed E-state index contributed by atoms with van der Waals surface area (Å²) in [4.78, 5) is 11.8. The molecule has 1 aromatic carbocycles. The lowest BCUT2D eigenvalue weighted by Gasteiger charge is -2.38. The second kappa shape index (κ2) is 9.42. The van der Waals surface area contributed by atoms with Gasteiger partial charge in [0.25, 0.3) is 0 Å². The molecule has 2 fully saturated rings. The monoisotopic (exact) mass is 372 g/mol. The summed E-state index contributed by atoms with van der Waals surface area (Å²) in [5.41, 5.74) is 2.63. The molecule has 6 nitrogen and oxygen atoms in total. The second-order valence-electron chi connectivity index (χ2n) is 8.11. The van der Waals surface area contributed by atoms with Crippen LogP contribution in [0.5, 0.6) is 0 Å². The molecule has 6 heteroatoms. The molecular weight excluding hydrogens is 336 g/mol. The summed E-state index contributed by atoms with van der Waals surface area (Å²) >= 11 is 0. The Kier molecular flexibility index (Phi) is 6.96. The van der Waals surface area contributed by atoms with Crippen LogP contribution >= 0.6 is 0 Å². The van der Waals surface area contributed by atoms with Gasteiger partial charge in [-0.15, -0.1) is 0 Å². The van der Waals surface area contributed by atoms with Gasteiger partial charge in [0.05, 0.1) is 0 Å². The van der Waals surface area contributed by atoms with Crippen LogP contribution in [-0.2, 0) is 0 Å². The van der Waals surface area contributed by atoms with Crippen molar-refractivity contribution in [3.63, 3.8) is 0 Å². The highest BCUT2D eigenvalue weighted by atomic mass is 15.3. The van der Waals surface area contributed by atoms with E-state index in [4.69, 9.17) is 0 Å². The molecule has 27 heavy (non-hydrogen) atoms. The van der Waals surface area contributed by atoms with Crippen LogP contribution < -0.4 is 15.5 Å². The first-order chi connectivity index (χ1) is 13.0. The van der Waals surface area contributed by atoms with Gasteiger partial charge in [0.2, 0.25) is 0 Å². The fourth-order valence-electron chi connectivity index (χ4n) is 4.01. The van der Waals surface area contributed by atoms with Crippen molar-refractivity contribution >= 4 is 11.6 Å². The molecule has 150 valence electrons. The van der Waals surface area contributed by atoms with Crippen LogP contribution in [0.3, 0.4) is 0 Å². The number of aryl methyl sites for hydroxylation is 1. The zero-order valence-electron chi connectivity index (χ0n) is 17.4. The third-order valence-corrected chi connectivity index (χ3v) is 5.87. The molecule has 2 aliphatic rings. The average Bonchev–Trinajstić information content (AvgIpc) is 2.68. The number of benzene rings is 1. The highest BCUT2D eigenvalue weighted by Gasteiger charge is 2.24. The van der Waals surface area contributed by atoms with E-state index >= 15 is 0 Å². The number of rotatable bonds is 4. The number of nitrogens with one attached hydrogen (secondary N) is 2. The van der Waals surface area contributed by atoms with Crippen LogP contribution in [0.15, 0.2) is 29.3 Å². The van der Waals surface area contributed by atoms with Crippen LogP contribution in [-0.4, -0.2) is 88.3 Å². The molecule has 2 saturated heterocycles. The van der Waals surface area contributed by atoms with Crippen LogP contribution in [0, 0.1) is 6.92 Å². The molecule has 0 radical (unpaired) electrons. The lowest BCUT2D eigenvalue weighted by Crippen LogP contribution is -2.57. The van der Waals surface area contributed by atoms with Crippen molar-refractivity contribution in [3.05, 3.63) is 29.8 Å². The van der Waals surface area contributed by atoms with Crippen molar-refractivity contribution in [2.24, 2.45) is 4.99 Å². The molecule has 1 aromatic rings. The number of aliphatic imine (C=N–C) groups is 1. The van der Waals surface area contributed by atoms with Crippen molar-refractivity contribution in [1.29, 1.82) is 0 Å². The molecule has 3 rings (SSSR count). The third-order valence-electron chi connectivity index (χ3n) is 5.87. The van der Waals surface area contributed by atoms with Gasteiger partial charge in [0, 0.05) is 64.1 Å². The summed E-state index contributed by atoms with van der Waals surface area (Å²) < 4.78 is 0. The Morgan fingerprint density at radius 3 is 2.63 bits per heavy atom. The Labute approximate surface area is 164 Å². The van der Waals surface area contributed by atoms with Crippen molar-refractivity contribution in [2.45, 2.75) is 31.8 Å². The molecule has 2 heterocycles. The Bertz CT molecular complexity index is 614. The molecule has 0 aromatic heterocycles. The van der Waals surface area contributed by atoms with E-state index in [1.165, 1.54) is 24.1 Å². The molecule has 2 N–H and O–H groups in total. The lowest BCUT2D eigenvalue weighted by atomic mass is 10.0. The predicted molar refractivity (Wildman–Crippen MR) is 115 cm³/mol. The minimum atomic E-state index is 0.429. The highest BCUT2D eigenvalue weighted by molar-refractivity contribution is 5.80. The van der Waals surface area contributed by atoms with Crippen LogP contribution in [0.25, 0.3) is 0 Å². The summed E-state index contributed by atoms with van der Waals surface area (Å²) in [5.74, 6) is 0.924. The van der Waals surface area contributed by atoms with E-state index in [1.54, 1.807) is 0 Å². The number of piperidine rings is 1. The summed E-state index contributed by atoms with van der Waals surface area (Å²) in [5, 5.41) is 7.20. The first-order valence-corrected chi connectivity index (χ1v) is 10.2. The SMILES string of the molecule is CN=C(NCC1CN(C)CCN1C)NC1CCCN(c2ccc(C)cc2)C1.